The lowest BCUT2D eigenvalue weighted by Gasteiger charge is -2.34. The summed E-state index contributed by atoms with van der Waals surface area (Å²) in [7, 11) is 3.13. The average molecular weight is 393 g/mol. The highest BCUT2D eigenvalue weighted by Crippen LogP contribution is 2.39. The van der Waals surface area contributed by atoms with Crippen LogP contribution in [0.4, 0.5) is 0 Å². The van der Waals surface area contributed by atoms with Crippen LogP contribution in [0.5, 0.6) is 11.5 Å². The molecule has 1 heterocycles. The molecule has 0 bridgehead atoms. The molecule has 6 nitrogen and oxygen atoms in total. The number of β-amino-alcohol motifs (C(OH)–C–C–N with tert-alkyl or cyclic N) is 1. The molecule has 0 saturated carbocycles. The number of carbonyl (C=O) groups excluding carboxylic acids is 1. The first-order valence-corrected chi connectivity index (χ1v) is 8.55. The van der Waals surface area contributed by atoms with E-state index >= 15 is 0 Å². The first-order valence-electron chi connectivity index (χ1n) is 8.55. The summed E-state index contributed by atoms with van der Waals surface area (Å²) in [6, 6.07) is 12.7. The Labute approximate surface area is 165 Å². The van der Waals surface area contributed by atoms with Crippen LogP contribution in [-0.4, -0.2) is 36.7 Å². The van der Waals surface area contributed by atoms with Crippen molar-refractivity contribution in [1.29, 1.82) is 0 Å². The van der Waals surface area contributed by atoms with Gasteiger partial charge in [0.25, 0.3) is 0 Å². The number of rotatable bonds is 5. The third-order valence-corrected chi connectivity index (χ3v) is 4.76. The maximum absolute atomic E-state index is 12.8. The van der Waals surface area contributed by atoms with Gasteiger partial charge in [-0.15, -0.1) is 12.4 Å². The SMILES string of the molecule is COc1ccc(OC)c2c1CN(C(=O)CC(N)c1ccccc1)CC2O.Cl. The van der Waals surface area contributed by atoms with Gasteiger partial charge in [0.05, 0.1) is 20.8 Å². The smallest absolute Gasteiger partial charge is 0.224 e. The zero-order valence-electron chi connectivity index (χ0n) is 15.4. The fraction of sp³-hybridized carbons (Fsp3) is 0.350. The molecular weight excluding hydrogens is 368 g/mol. The molecule has 146 valence electrons. The van der Waals surface area contributed by atoms with Crippen molar-refractivity contribution in [1.82, 2.24) is 4.90 Å². The lowest BCUT2D eigenvalue weighted by atomic mass is 9.94. The quantitative estimate of drug-likeness (QED) is 0.816. The Morgan fingerprint density at radius 2 is 1.81 bits per heavy atom. The van der Waals surface area contributed by atoms with Gasteiger partial charge in [-0.1, -0.05) is 30.3 Å². The van der Waals surface area contributed by atoms with Crippen LogP contribution in [0.3, 0.4) is 0 Å². The van der Waals surface area contributed by atoms with E-state index in [1.165, 1.54) is 0 Å². The fourth-order valence-corrected chi connectivity index (χ4v) is 3.40. The van der Waals surface area contributed by atoms with Gasteiger partial charge >= 0.3 is 0 Å². The molecular formula is C20H25ClN2O4. The zero-order chi connectivity index (χ0) is 18.7. The molecule has 0 saturated heterocycles. The van der Waals surface area contributed by atoms with Gasteiger partial charge in [0.15, 0.2) is 0 Å². The minimum atomic E-state index is -0.833. The molecule has 0 aliphatic carbocycles. The van der Waals surface area contributed by atoms with E-state index in [4.69, 9.17) is 15.2 Å². The zero-order valence-corrected chi connectivity index (χ0v) is 16.2. The number of methoxy groups -OCH3 is 2. The van der Waals surface area contributed by atoms with Crippen molar-refractivity contribution < 1.29 is 19.4 Å². The van der Waals surface area contributed by atoms with Crippen LogP contribution in [-0.2, 0) is 11.3 Å². The molecule has 27 heavy (non-hydrogen) atoms. The molecule has 3 rings (SSSR count). The van der Waals surface area contributed by atoms with Crippen LogP contribution in [0, 0.1) is 0 Å². The normalized spacial score (nSPS) is 16.7. The molecule has 3 N–H and O–H groups in total. The minimum Gasteiger partial charge on any atom is -0.496 e. The Hall–Kier alpha value is -2.28. The fourth-order valence-electron chi connectivity index (χ4n) is 3.40. The van der Waals surface area contributed by atoms with Crippen LogP contribution in [0.25, 0.3) is 0 Å². The number of amides is 1. The molecule has 1 aliphatic rings. The molecule has 1 amide bonds. The van der Waals surface area contributed by atoms with Crippen LogP contribution < -0.4 is 15.2 Å². The highest BCUT2D eigenvalue weighted by atomic mass is 35.5. The molecule has 2 aromatic rings. The summed E-state index contributed by atoms with van der Waals surface area (Å²) in [6.45, 7) is 0.560. The molecule has 2 unspecified atom stereocenters. The van der Waals surface area contributed by atoms with E-state index in [0.29, 0.717) is 23.6 Å². The Balaban J connectivity index is 0.00000261. The molecule has 1 aliphatic heterocycles. The first kappa shape index (κ1) is 21.0. The number of aliphatic hydroxyl groups excluding tert-OH is 1. The Morgan fingerprint density at radius 3 is 2.44 bits per heavy atom. The second-order valence-corrected chi connectivity index (χ2v) is 6.37. The van der Waals surface area contributed by atoms with Crippen molar-refractivity contribution in [2.75, 3.05) is 20.8 Å². The Bertz CT molecular complexity index is 785. The van der Waals surface area contributed by atoms with Crippen molar-refractivity contribution in [2.45, 2.75) is 25.1 Å². The number of hydrogen-bond acceptors (Lipinski definition) is 5. The highest BCUT2D eigenvalue weighted by molar-refractivity contribution is 5.85. The summed E-state index contributed by atoms with van der Waals surface area (Å²) in [6.07, 6.45) is -0.654. The number of carbonyl (C=O) groups is 1. The topological polar surface area (TPSA) is 85.0 Å². The summed E-state index contributed by atoms with van der Waals surface area (Å²) in [5, 5.41) is 10.6. The molecule has 0 radical (unpaired) electrons. The van der Waals surface area contributed by atoms with E-state index in [0.717, 1.165) is 11.1 Å². The molecule has 2 aromatic carbocycles. The number of hydrogen-bond donors (Lipinski definition) is 2. The number of fused-ring (bicyclic) bond motifs is 1. The lowest BCUT2D eigenvalue weighted by molar-refractivity contribution is -0.134. The van der Waals surface area contributed by atoms with E-state index in [1.54, 1.807) is 31.3 Å². The number of ether oxygens (including phenoxy) is 2. The Morgan fingerprint density at radius 1 is 1.19 bits per heavy atom. The summed E-state index contributed by atoms with van der Waals surface area (Å²) in [5.41, 5.74) is 8.55. The van der Waals surface area contributed by atoms with Gasteiger partial charge in [-0.25, -0.2) is 0 Å². The second-order valence-electron chi connectivity index (χ2n) is 6.37. The standard InChI is InChI=1S/C20H24N2O4.ClH/c1-25-17-8-9-18(26-2)20-14(17)11-22(12-16(20)23)19(24)10-15(21)13-6-4-3-5-7-13;/h3-9,15-16,23H,10-12,21H2,1-2H3;1H. The van der Waals surface area contributed by atoms with Crippen molar-refractivity contribution in [3.8, 4) is 11.5 Å². The monoisotopic (exact) mass is 392 g/mol. The van der Waals surface area contributed by atoms with Crippen LogP contribution in [0.15, 0.2) is 42.5 Å². The second kappa shape index (κ2) is 9.08. The number of nitrogens with two attached hydrogens (primary N) is 1. The van der Waals surface area contributed by atoms with E-state index in [-0.39, 0.29) is 37.3 Å². The summed E-state index contributed by atoms with van der Waals surface area (Å²) >= 11 is 0. The lowest BCUT2D eigenvalue weighted by Crippen LogP contribution is -2.39. The number of aliphatic hydroxyl groups is 1. The van der Waals surface area contributed by atoms with E-state index in [2.05, 4.69) is 0 Å². The number of nitrogens with zero attached hydrogens (tertiary/aromatic N) is 1. The maximum atomic E-state index is 12.8. The van der Waals surface area contributed by atoms with Gasteiger partial charge in [-0.05, 0) is 17.7 Å². The largest absolute Gasteiger partial charge is 0.496 e. The van der Waals surface area contributed by atoms with Crippen LogP contribution in [0.1, 0.15) is 35.3 Å². The van der Waals surface area contributed by atoms with Gasteiger partial charge < -0.3 is 25.2 Å². The van der Waals surface area contributed by atoms with Crippen molar-refractivity contribution in [2.24, 2.45) is 5.73 Å². The summed E-state index contributed by atoms with van der Waals surface area (Å²) < 4.78 is 10.8. The van der Waals surface area contributed by atoms with Crippen LogP contribution in [0.2, 0.25) is 0 Å². The molecule has 0 aromatic heterocycles. The molecule has 2 atom stereocenters. The number of halogens is 1. The maximum Gasteiger partial charge on any atom is 0.224 e. The predicted octanol–water partition coefficient (Wildman–Crippen LogP) is 2.59. The van der Waals surface area contributed by atoms with E-state index < -0.39 is 6.10 Å². The third kappa shape index (κ3) is 4.35. The summed E-state index contributed by atoms with van der Waals surface area (Å²) in [5.74, 6) is 1.13. The molecule has 0 fully saturated rings. The summed E-state index contributed by atoms with van der Waals surface area (Å²) in [4.78, 5) is 14.4. The minimum absolute atomic E-state index is 0. The van der Waals surface area contributed by atoms with Gasteiger partial charge in [0.2, 0.25) is 5.91 Å². The van der Waals surface area contributed by atoms with Crippen molar-refractivity contribution >= 4 is 18.3 Å². The average Bonchev–Trinajstić information content (AvgIpc) is 2.67. The Kier molecular flexibility index (Phi) is 7.07. The van der Waals surface area contributed by atoms with E-state index in [1.807, 2.05) is 30.3 Å². The van der Waals surface area contributed by atoms with Gasteiger partial charge in [0, 0.05) is 30.1 Å². The highest BCUT2D eigenvalue weighted by Gasteiger charge is 2.32. The van der Waals surface area contributed by atoms with Crippen molar-refractivity contribution in [3.63, 3.8) is 0 Å². The van der Waals surface area contributed by atoms with Crippen LogP contribution >= 0.6 is 12.4 Å². The molecule has 0 spiro atoms. The first-order chi connectivity index (χ1) is 12.5. The number of benzene rings is 2. The molecule has 7 heteroatoms. The van der Waals surface area contributed by atoms with Gasteiger partial charge in [-0.2, -0.15) is 0 Å². The van der Waals surface area contributed by atoms with E-state index in [9.17, 15) is 9.90 Å². The van der Waals surface area contributed by atoms with Gasteiger partial charge in [-0.3, -0.25) is 4.79 Å². The predicted molar refractivity (Wildman–Crippen MR) is 105 cm³/mol. The van der Waals surface area contributed by atoms with Crippen molar-refractivity contribution in [3.05, 3.63) is 59.2 Å². The third-order valence-electron chi connectivity index (χ3n) is 4.76. The van der Waals surface area contributed by atoms with Gasteiger partial charge in [0.1, 0.15) is 17.6 Å².